The fraction of sp³-hybridized carbons (Fsp3) is 0.632. The predicted octanol–water partition coefficient (Wildman–Crippen LogP) is -1.55. The molecule has 0 bridgehead atoms. The average molecular weight is 438 g/mol. The van der Waals surface area contributed by atoms with E-state index >= 15 is 0 Å². The number of aliphatic carboxylic acids is 3. The lowest BCUT2D eigenvalue weighted by Gasteiger charge is -2.33. The Morgan fingerprint density at radius 1 is 0.677 bits per heavy atom. The molecule has 1 aliphatic heterocycles. The number of hydrogen-bond acceptors (Lipinski definition) is 9. The molecule has 0 spiro atoms. The third kappa shape index (κ3) is 10.3. The molecule has 0 aromatic carbocycles. The highest BCUT2D eigenvalue weighted by atomic mass is 16.4. The van der Waals surface area contributed by atoms with E-state index in [4.69, 9.17) is 0 Å². The van der Waals surface area contributed by atoms with Crippen LogP contribution in [0.25, 0.3) is 0 Å². The maximum Gasteiger partial charge on any atom is 0.317 e. The lowest BCUT2D eigenvalue weighted by atomic mass is 10.3. The van der Waals surface area contributed by atoms with Crippen molar-refractivity contribution in [2.45, 2.75) is 6.54 Å². The molecule has 1 aliphatic rings. The lowest BCUT2D eigenvalue weighted by molar-refractivity contribution is -0.140. The van der Waals surface area contributed by atoms with Crippen molar-refractivity contribution in [1.29, 1.82) is 0 Å². The number of hydrogen-bond donors (Lipinski definition) is 3. The molecular weight excluding hydrogens is 408 g/mol. The topological polar surface area (TPSA) is 151 Å². The third-order valence-electron chi connectivity index (χ3n) is 5.01. The minimum absolute atomic E-state index is 0.134. The Balaban J connectivity index is 2.13. The van der Waals surface area contributed by atoms with Gasteiger partial charge in [-0.3, -0.25) is 44.0 Å². The summed E-state index contributed by atoms with van der Waals surface area (Å²) in [7, 11) is 0. The summed E-state index contributed by atoms with van der Waals surface area (Å²) in [6.07, 6.45) is 4.87. The molecule has 172 valence electrons. The van der Waals surface area contributed by atoms with Gasteiger partial charge in [0.25, 0.3) is 0 Å². The van der Waals surface area contributed by atoms with Gasteiger partial charge in [-0.15, -0.1) is 0 Å². The molecule has 0 radical (unpaired) electrons. The van der Waals surface area contributed by atoms with E-state index < -0.39 is 17.9 Å². The van der Waals surface area contributed by atoms with Crippen LogP contribution in [0, 0.1) is 0 Å². The van der Waals surface area contributed by atoms with Gasteiger partial charge in [-0.2, -0.15) is 0 Å². The van der Waals surface area contributed by atoms with Gasteiger partial charge in [-0.1, -0.05) is 0 Å². The van der Waals surface area contributed by atoms with Crippen LogP contribution in [0.1, 0.15) is 5.69 Å². The van der Waals surface area contributed by atoms with Crippen LogP contribution >= 0.6 is 0 Å². The molecule has 12 nitrogen and oxygen atoms in total. The van der Waals surface area contributed by atoms with Crippen LogP contribution in [0.4, 0.5) is 0 Å². The first-order chi connectivity index (χ1) is 14.8. The summed E-state index contributed by atoms with van der Waals surface area (Å²) in [6.45, 7) is 3.70. The van der Waals surface area contributed by atoms with Crippen molar-refractivity contribution in [1.82, 2.24) is 29.6 Å². The van der Waals surface area contributed by atoms with Crippen molar-refractivity contribution in [3.63, 3.8) is 0 Å². The largest absolute Gasteiger partial charge is 0.480 e. The zero-order valence-electron chi connectivity index (χ0n) is 17.5. The van der Waals surface area contributed by atoms with E-state index in [2.05, 4.69) is 14.9 Å². The number of nitrogens with zero attached hydrogens (tertiary/aromatic N) is 6. The summed E-state index contributed by atoms with van der Waals surface area (Å²) >= 11 is 0. The minimum Gasteiger partial charge on any atom is -0.480 e. The molecule has 0 aliphatic carbocycles. The molecule has 31 heavy (non-hydrogen) atoms. The second kappa shape index (κ2) is 12.9. The molecular formula is C19H30N6O6. The third-order valence-corrected chi connectivity index (χ3v) is 5.01. The first-order valence-corrected chi connectivity index (χ1v) is 10.1. The van der Waals surface area contributed by atoms with Gasteiger partial charge in [-0.05, 0) is 0 Å². The quantitative estimate of drug-likeness (QED) is 0.431. The van der Waals surface area contributed by atoms with Crippen molar-refractivity contribution in [3.8, 4) is 0 Å². The van der Waals surface area contributed by atoms with Crippen LogP contribution in [0.3, 0.4) is 0 Å². The molecule has 1 aromatic rings. The van der Waals surface area contributed by atoms with Crippen molar-refractivity contribution in [3.05, 3.63) is 24.3 Å². The van der Waals surface area contributed by atoms with Gasteiger partial charge in [0.2, 0.25) is 0 Å². The Kier molecular flexibility index (Phi) is 10.2. The van der Waals surface area contributed by atoms with Gasteiger partial charge >= 0.3 is 17.9 Å². The van der Waals surface area contributed by atoms with E-state index in [-0.39, 0.29) is 19.6 Å². The van der Waals surface area contributed by atoms with Gasteiger partial charge in [0, 0.05) is 77.5 Å². The summed E-state index contributed by atoms with van der Waals surface area (Å²) in [4.78, 5) is 49.5. The van der Waals surface area contributed by atoms with E-state index in [1.807, 2.05) is 0 Å². The van der Waals surface area contributed by atoms with Gasteiger partial charge in [0.05, 0.1) is 25.3 Å². The number of carboxylic acid groups (broad SMARTS) is 3. The zero-order valence-corrected chi connectivity index (χ0v) is 17.5. The minimum atomic E-state index is -0.975. The zero-order chi connectivity index (χ0) is 22.6. The maximum absolute atomic E-state index is 11.3. The first kappa shape index (κ1) is 24.6. The van der Waals surface area contributed by atoms with Gasteiger partial charge in [0.1, 0.15) is 0 Å². The van der Waals surface area contributed by atoms with Crippen molar-refractivity contribution in [2.24, 2.45) is 0 Å². The predicted molar refractivity (Wildman–Crippen MR) is 110 cm³/mol. The molecule has 1 aromatic heterocycles. The highest BCUT2D eigenvalue weighted by Crippen LogP contribution is 2.04. The molecule has 1 fully saturated rings. The molecule has 1 saturated heterocycles. The van der Waals surface area contributed by atoms with Crippen LogP contribution in [0.15, 0.2) is 18.6 Å². The molecule has 0 atom stereocenters. The van der Waals surface area contributed by atoms with E-state index in [0.717, 1.165) is 5.69 Å². The second-order valence-electron chi connectivity index (χ2n) is 7.48. The fourth-order valence-corrected chi connectivity index (χ4v) is 3.43. The summed E-state index contributed by atoms with van der Waals surface area (Å²) in [6, 6.07) is 0. The van der Waals surface area contributed by atoms with Gasteiger partial charge < -0.3 is 15.3 Å². The van der Waals surface area contributed by atoms with Gasteiger partial charge in [0.15, 0.2) is 0 Å². The summed E-state index contributed by atoms with van der Waals surface area (Å²) in [5.74, 6) is -2.85. The van der Waals surface area contributed by atoms with Crippen molar-refractivity contribution >= 4 is 17.9 Å². The highest BCUT2D eigenvalue weighted by Gasteiger charge is 2.20. The number of aromatic nitrogens is 2. The lowest BCUT2D eigenvalue weighted by Crippen LogP contribution is -2.48. The molecule has 0 saturated carbocycles. The Morgan fingerprint density at radius 2 is 1.06 bits per heavy atom. The van der Waals surface area contributed by atoms with E-state index in [0.29, 0.717) is 58.9 Å². The molecule has 0 amide bonds. The second-order valence-corrected chi connectivity index (χ2v) is 7.48. The van der Waals surface area contributed by atoms with E-state index in [1.165, 1.54) is 0 Å². The number of carbonyl (C=O) groups is 3. The highest BCUT2D eigenvalue weighted by molar-refractivity contribution is 5.69. The molecule has 2 heterocycles. The Bertz CT molecular complexity index is 689. The SMILES string of the molecule is O=C(O)CN1CCN(CC(=O)O)CCN(Cc2cnccn2)CCN(CC(=O)O)CC1. The average Bonchev–Trinajstić information content (AvgIpc) is 2.69. The monoisotopic (exact) mass is 438 g/mol. The van der Waals surface area contributed by atoms with Crippen LogP contribution in [-0.4, -0.2) is 135 Å². The first-order valence-electron chi connectivity index (χ1n) is 10.1. The smallest absolute Gasteiger partial charge is 0.317 e. The summed E-state index contributed by atoms with van der Waals surface area (Å²) in [5, 5.41) is 27.7. The van der Waals surface area contributed by atoms with Crippen LogP contribution in [0.5, 0.6) is 0 Å². The molecule has 3 N–H and O–H groups in total. The molecule has 2 rings (SSSR count). The normalized spacial score (nSPS) is 18.7. The van der Waals surface area contributed by atoms with Crippen molar-refractivity contribution < 1.29 is 29.7 Å². The Labute approximate surface area is 180 Å². The van der Waals surface area contributed by atoms with Crippen LogP contribution < -0.4 is 0 Å². The number of rotatable bonds is 8. The summed E-state index contributed by atoms with van der Waals surface area (Å²) < 4.78 is 0. The molecule has 0 unspecified atom stereocenters. The van der Waals surface area contributed by atoms with Crippen LogP contribution in [0.2, 0.25) is 0 Å². The maximum atomic E-state index is 11.3. The van der Waals surface area contributed by atoms with Gasteiger partial charge in [-0.25, -0.2) is 0 Å². The number of carboxylic acids is 3. The Hall–Kier alpha value is -2.67. The van der Waals surface area contributed by atoms with E-state index in [9.17, 15) is 29.7 Å². The van der Waals surface area contributed by atoms with E-state index in [1.54, 1.807) is 33.3 Å². The molecule has 12 heteroatoms. The summed E-state index contributed by atoms with van der Waals surface area (Å²) in [5.41, 5.74) is 0.775. The van der Waals surface area contributed by atoms with Crippen molar-refractivity contribution in [2.75, 3.05) is 72.0 Å². The standard InChI is InChI=1S/C19H30N6O6/c26-17(27)13-23-5-3-22(12-16-11-20-1-2-21-16)4-6-24(14-18(28)29)8-10-25(9-7-23)15-19(30)31/h1-2,11H,3-10,12-15H2,(H,26,27)(H,28,29)(H,30,31). The fourth-order valence-electron chi connectivity index (χ4n) is 3.43. The Morgan fingerprint density at radius 3 is 1.39 bits per heavy atom. The van der Waals surface area contributed by atoms with Crippen LogP contribution in [-0.2, 0) is 20.9 Å².